The molecule has 0 unspecified atom stereocenters. The van der Waals surface area contributed by atoms with Gasteiger partial charge in [0, 0.05) is 26.2 Å². The number of ether oxygens (including phenoxy) is 6. The number of hydrogen-bond donors (Lipinski definition) is 2. The van der Waals surface area contributed by atoms with Crippen molar-refractivity contribution < 1.29 is 50.4 Å². The van der Waals surface area contributed by atoms with Crippen molar-refractivity contribution in [2.75, 3.05) is 26.4 Å². The average Bonchev–Trinajstić information content (AvgIpc) is 3.10. The second kappa shape index (κ2) is 26.6. The van der Waals surface area contributed by atoms with Crippen LogP contribution in [0.5, 0.6) is 0 Å². The zero-order valence-corrected chi connectivity index (χ0v) is 34.8. The molecule has 0 bridgehead atoms. The predicted octanol–water partition coefficient (Wildman–Crippen LogP) is 8.72. The number of rotatable bonds is 31. The number of carbonyl (C=O) groups is 1. The summed E-state index contributed by atoms with van der Waals surface area (Å²) in [5, 5.41) is 3.11. The van der Waals surface area contributed by atoms with Gasteiger partial charge in [0.05, 0.1) is 6.61 Å². The second-order valence-corrected chi connectivity index (χ2v) is 15.8. The SMILES string of the molecule is CCCCCCCC/C=C\CCCCCCCC(=O)N[C@H]1[C@@H](OCCCCCCCC)O[C@H](COS(=O)(=O)O)[C@H]2O[C@](C)(OCC)[C@@](C)(OCC)O[C@H]12. The van der Waals surface area contributed by atoms with Crippen molar-refractivity contribution in [1.82, 2.24) is 5.32 Å². The fourth-order valence-corrected chi connectivity index (χ4v) is 7.39. The van der Waals surface area contributed by atoms with Crippen LogP contribution < -0.4 is 5.32 Å². The Balaban J connectivity index is 2.05. The summed E-state index contributed by atoms with van der Waals surface area (Å²) in [4.78, 5) is 13.5. The van der Waals surface area contributed by atoms with Gasteiger partial charge in [0.2, 0.25) is 17.5 Å². The van der Waals surface area contributed by atoms with Gasteiger partial charge in [-0.1, -0.05) is 109 Å². The lowest BCUT2D eigenvalue weighted by Crippen LogP contribution is -2.75. The maximum Gasteiger partial charge on any atom is 0.397 e. The van der Waals surface area contributed by atoms with E-state index in [1.54, 1.807) is 13.8 Å². The number of allylic oxidation sites excluding steroid dienone is 2. The van der Waals surface area contributed by atoms with Crippen molar-refractivity contribution in [1.29, 1.82) is 0 Å². The van der Waals surface area contributed by atoms with Gasteiger partial charge in [-0.25, -0.2) is 4.18 Å². The molecule has 1 amide bonds. The van der Waals surface area contributed by atoms with Gasteiger partial charge in [-0.05, 0) is 66.2 Å². The first kappa shape index (κ1) is 48.0. The van der Waals surface area contributed by atoms with Crippen molar-refractivity contribution in [3.63, 3.8) is 0 Å². The van der Waals surface area contributed by atoms with Gasteiger partial charge in [0.25, 0.3) is 0 Å². The molecule has 2 fully saturated rings. The van der Waals surface area contributed by atoms with E-state index in [0.717, 1.165) is 70.6 Å². The van der Waals surface area contributed by atoms with Crippen molar-refractivity contribution >= 4 is 16.3 Å². The van der Waals surface area contributed by atoms with Crippen molar-refractivity contribution in [3.05, 3.63) is 12.2 Å². The van der Waals surface area contributed by atoms with Gasteiger partial charge < -0.3 is 33.7 Å². The highest BCUT2D eigenvalue weighted by Gasteiger charge is 2.63. The molecule has 0 aromatic heterocycles. The Morgan fingerprint density at radius 2 is 1.21 bits per heavy atom. The number of amides is 1. The van der Waals surface area contributed by atoms with E-state index < -0.39 is 59.2 Å². The van der Waals surface area contributed by atoms with Crippen LogP contribution in [0, 0.1) is 0 Å². The summed E-state index contributed by atoms with van der Waals surface area (Å²) in [6.07, 6.45) is 22.7. The van der Waals surface area contributed by atoms with E-state index in [4.69, 9.17) is 32.6 Å². The molecular formula is C40H75NO11S. The molecule has 2 aliphatic heterocycles. The van der Waals surface area contributed by atoms with Crippen LogP contribution in [0.4, 0.5) is 0 Å². The zero-order chi connectivity index (χ0) is 39.0. The number of carbonyl (C=O) groups excluding carboxylic acids is 1. The van der Waals surface area contributed by atoms with Gasteiger partial charge in [-0.3, -0.25) is 9.35 Å². The first-order valence-corrected chi connectivity index (χ1v) is 22.3. The molecule has 13 heteroatoms. The largest absolute Gasteiger partial charge is 0.397 e. The van der Waals surface area contributed by atoms with Crippen LogP contribution in [0.3, 0.4) is 0 Å². The summed E-state index contributed by atoms with van der Waals surface area (Å²) in [6.45, 7) is 11.8. The Morgan fingerprint density at radius 3 is 1.74 bits per heavy atom. The Labute approximate surface area is 322 Å². The Morgan fingerprint density at radius 1 is 0.717 bits per heavy atom. The molecule has 2 aliphatic rings. The summed E-state index contributed by atoms with van der Waals surface area (Å²) in [5.74, 6) is -3.00. The van der Waals surface area contributed by atoms with Crippen molar-refractivity contribution in [2.24, 2.45) is 0 Å². The highest BCUT2D eigenvalue weighted by Crippen LogP contribution is 2.44. The molecule has 53 heavy (non-hydrogen) atoms. The topological polar surface area (TPSA) is 148 Å². The molecule has 0 saturated carbocycles. The maximum atomic E-state index is 13.5. The van der Waals surface area contributed by atoms with E-state index >= 15 is 0 Å². The lowest BCUT2D eigenvalue weighted by Gasteiger charge is -2.57. The molecule has 312 valence electrons. The Bertz CT molecular complexity index is 1110. The van der Waals surface area contributed by atoms with E-state index in [2.05, 4.69) is 31.3 Å². The van der Waals surface area contributed by atoms with Crippen LogP contribution in [-0.4, -0.2) is 87.5 Å². The average molecular weight is 778 g/mol. The summed E-state index contributed by atoms with van der Waals surface area (Å²) in [7, 11) is -4.79. The standard InChI is InChI=1S/C40H75NO11S/c1-7-11-13-15-17-18-19-20-21-22-23-24-25-26-28-30-34(42)41-35-37-36(51-39(5,47-9-3)40(6,52-37)48-10-4)33(32-49-53(43,44)45)50-38(35)46-31-29-27-16-14-12-8-2/h20-21,33,35-38H,7-19,22-32H2,1-6H3,(H,41,42)(H,43,44,45)/b21-20-/t33-,35-,36-,37-,38+,39+,40+/m1/s1. The minimum atomic E-state index is -4.79. The fraction of sp³-hybridized carbons (Fsp3) is 0.925. The third-order valence-corrected chi connectivity index (χ3v) is 10.6. The van der Waals surface area contributed by atoms with Crippen LogP contribution in [-0.2, 0) is 47.8 Å². The predicted molar refractivity (Wildman–Crippen MR) is 207 cm³/mol. The normalized spacial score (nSPS) is 27.6. The third kappa shape index (κ3) is 18.1. The van der Waals surface area contributed by atoms with Gasteiger partial charge in [-0.2, -0.15) is 8.42 Å². The van der Waals surface area contributed by atoms with Crippen molar-refractivity contribution in [3.8, 4) is 0 Å². The number of unbranched alkanes of at least 4 members (excludes halogenated alkanes) is 16. The smallest absolute Gasteiger partial charge is 0.350 e. The fourth-order valence-electron chi connectivity index (χ4n) is 7.08. The highest BCUT2D eigenvalue weighted by molar-refractivity contribution is 7.80. The molecule has 2 heterocycles. The van der Waals surface area contributed by atoms with Crippen LogP contribution >= 0.6 is 0 Å². The Kier molecular flexibility index (Phi) is 24.1. The van der Waals surface area contributed by atoms with Crippen LogP contribution in [0.2, 0.25) is 0 Å². The molecule has 0 aromatic rings. The molecule has 0 radical (unpaired) electrons. The monoisotopic (exact) mass is 778 g/mol. The molecule has 2 rings (SSSR count). The number of hydrogen-bond acceptors (Lipinski definition) is 10. The van der Waals surface area contributed by atoms with E-state index in [9.17, 15) is 17.8 Å². The molecule has 0 aliphatic carbocycles. The van der Waals surface area contributed by atoms with E-state index in [1.165, 1.54) is 51.4 Å². The summed E-state index contributed by atoms with van der Waals surface area (Å²) < 4.78 is 75.3. The van der Waals surface area contributed by atoms with E-state index in [1.807, 2.05) is 13.8 Å². The molecule has 12 nitrogen and oxygen atoms in total. The summed E-state index contributed by atoms with van der Waals surface area (Å²) in [6, 6.07) is -0.816. The number of nitrogens with one attached hydrogen (secondary N) is 1. The lowest BCUT2D eigenvalue weighted by atomic mass is 9.92. The summed E-state index contributed by atoms with van der Waals surface area (Å²) in [5.41, 5.74) is 0. The lowest BCUT2D eigenvalue weighted by molar-refractivity contribution is -0.478. The van der Waals surface area contributed by atoms with Crippen LogP contribution in [0.25, 0.3) is 0 Å². The van der Waals surface area contributed by atoms with Gasteiger partial charge in [0.1, 0.15) is 24.4 Å². The van der Waals surface area contributed by atoms with Gasteiger partial charge in [0.15, 0.2) is 6.29 Å². The minimum Gasteiger partial charge on any atom is -0.350 e. The minimum absolute atomic E-state index is 0.171. The van der Waals surface area contributed by atoms with E-state index in [-0.39, 0.29) is 19.1 Å². The summed E-state index contributed by atoms with van der Waals surface area (Å²) >= 11 is 0. The first-order chi connectivity index (χ1) is 25.4. The Hall–Kier alpha value is -1.16. The zero-order valence-electron chi connectivity index (χ0n) is 33.9. The van der Waals surface area contributed by atoms with Crippen LogP contribution in [0.15, 0.2) is 12.2 Å². The van der Waals surface area contributed by atoms with Gasteiger partial charge in [-0.15, -0.1) is 0 Å². The number of fused-ring (bicyclic) bond motifs is 1. The molecule has 0 aromatic carbocycles. The van der Waals surface area contributed by atoms with Crippen LogP contribution in [0.1, 0.15) is 170 Å². The third-order valence-electron chi connectivity index (χ3n) is 10.2. The molecule has 7 atom stereocenters. The van der Waals surface area contributed by atoms with E-state index in [0.29, 0.717) is 13.0 Å². The van der Waals surface area contributed by atoms with Crippen molar-refractivity contribution in [2.45, 2.75) is 212 Å². The van der Waals surface area contributed by atoms with Gasteiger partial charge >= 0.3 is 10.4 Å². The molecular weight excluding hydrogens is 703 g/mol. The first-order valence-electron chi connectivity index (χ1n) is 20.9. The second-order valence-electron chi connectivity index (χ2n) is 14.7. The maximum absolute atomic E-state index is 13.5. The molecule has 0 spiro atoms. The quantitative estimate of drug-likeness (QED) is 0.0396. The molecule has 2 saturated heterocycles. The molecule has 2 N–H and O–H groups in total. The highest BCUT2D eigenvalue weighted by atomic mass is 32.3.